The Morgan fingerprint density at radius 2 is 2.15 bits per heavy atom. The number of hydrogen-bond donors (Lipinski definition) is 2. The van der Waals surface area contributed by atoms with Crippen LogP contribution in [0.25, 0.3) is 5.65 Å². The first-order chi connectivity index (χ1) is 15.9. The van der Waals surface area contributed by atoms with Gasteiger partial charge in [-0.05, 0) is 51.2 Å². The highest BCUT2D eigenvalue weighted by Crippen LogP contribution is 2.22. The van der Waals surface area contributed by atoms with Crippen molar-refractivity contribution in [2.75, 3.05) is 39.2 Å². The highest BCUT2D eigenvalue weighted by molar-refractivity contribution is 5.78. The predicted octanol–water partition coefficient (Wildman–Crippen LogP) is 2.72. The number of fused-ring (bicyclic) bond motifs is 1. The van der Waals surface area contributed by atoms with Gasteiger partial charge in [-0.3, -0.25) is 9.69 Å². The number of anilines is 1. The second-order valence-electron chi connectivity index (χ2n) is 8.65. The summed E-state index contributed by atoms with van der Waals surface area (Å²) in [6, 6.07) is 11.7. The van der Waals surface area contributed by atoms with Crippen molar-refractivity contribution in [3.05, 3.63) is 60.6 Å². The smallest absolute Gasteiger partial charge is 0.237 e. The molecule has 174 valence electrons. The van der Waals surface area contributed by atoms with E-state index in [1.54, 1.807) is 23.7 Å². The largest absolute Gasteiger partial charge is 0.438 e. The molecule has 0 saturated carbocycles. The number of nitrogens with one attached hydrogen (secondary N) is 2. The van der Waals surface area contributed by atoms with Crippen molar-refractivity contribution in [2.45, 2.75) is 25.8 Å². The molecule has 0 aliphatic carbocycles. The van der Waals surface area contributed by atoms with Gasteiger partial charge in [0.25, 0.3) is 0 Å². The van der Waals surface area contributed by atoms with Crippen molar-refractivity contribution < 1.29 is 9.53 Å². The van der Waals surface area contributed by atoms with Gasteiger partial charge in [0, 0.05) is 31.6 Å². The van der Waals surface area contributed by atoms with E-state index in [9.17, 15) is 4.79 Å². The molecule has 0 amide bonds. The third kappa shape index (κ3) is 6.09. The third-order valence-electron chi connectivity index (χ3n) is 5.64. The minimum Gasteiger partial charge on any atom is -0.438 e. The molecule has 3 aromatic rings. The molecule has 1 aliphatic rings. The number of ketones is 1. The summed E-state index contributed by atoms with van der Waals surface area (Å²) in [7, 11) is 4.25. The Hall–Kier alpha value is -3.43. The molecule has 0 radical (unpaired) electrons. The molecule has 2 aromatic heterocycles. The number of benzene rings is 1. The summed E-state index contributed by atoms with van der Waals surface area (Å²) < 4.78 is 7.55. The summed E-state index contributed by atoms with van der Waals surface area (Å²) >= 11 is 0. The van der Waals surface area contributed by atoms with Crippen LogP contribution in [0, 0.1) is 0 Å². The number of rotatable bonds is 10. The number of carbonyl (C=O) groups is 1. The van der Waals surface area contributed by atoms with E-state index in [1.807, 2.05) is 30.3 Å². The zero-order valence-corrected chi connectivity index (χ0v) is 19.4. The zero-order valence-electron chi connectivity index (χ0n) is 19.4. The molecule has 3 heterocycles. The molecular formula is C24H31N7O2. The summed E-state index contributed by atoms with van der Waals surface area (Å²) in [6.07, 6.45) is 3.35. The molecule has 0 bridgehead atoms. The first kappa shape index (κ1) is 22.8. The first-order valence-electron chi connectivity index (χ1n) is 11.1. The molecule has 2 N–H and O–H groups in total. The fraction of sp³-hybridized carbons (Fsp3) is 0.375. The molecule has 9 nitrogen and oxygen atoms in total. The van der Waals surface area contributed by atoms with Crippen LogP contribution in [0.15, 0.2) is 55.0 Å². The van der Waals surface area contributed by atoms with Crippen LogP contribution in [0.3, 0.4) is 0 Å². The Morgan fingerprint density at radius 1 is 1.30 bits per heavy atom. The number of nitrogens with zero attached hydrogens (tertiary/aromatic N) is 5. The van der Waals surface area contributed by atoms with Gasteiger partial charge in [-0.1, -0.05) is 18.7 Å². The van der Waals surface area contributed by atoms with Crippen LogP contribution in [0.4, 0.5) is 5.82 Å². The molecule has 0 spiro atoms. The van der Waals surface area contributed by atoms with Crippen LogP contribution in [0.2, 0.25) is 0 Å². The number of imidazole rings is 1. The molecule has 33 heavy (non-hydrogen) atoms. The molecule has 1 atom stereocenters. The average Bonchev–Trinajstić information content (AvgIpc) is 3.38. The molecular weight excluding hydrogens is 418 g/mol. The van der Waals surface area contributed by atoms with Gasteiger partial charge in [0.1, 0.15) is 11.5 Å². The van der Waals surface area contributed by atoms with Crippen molar-refractivity contribution >= 4 is 17.2 Å². The summed E-state index contributed by atoms with van der Waals surface area (Å²) in [5, 5.41) is 11.0. The minimum absolute atomic E-state index is 0.111. The van der Waals surface area contributed by atoms with Gasteiger partial charge < -0.3 is 20.3 Å². The number of Topliss-reactive ketones (excluding diaryl/α,β-unsaturated/α-hetero) is 1. The third-order valence-corrected chi connectivity index (χ3v) is 5.64. The van der Waals surface area contributed by atoms with Gasteiger partial charge in [0.15, 0.2) is 11.5 Å². The number of likely N-dealkylation sites (tertiary alicyclic amines) is 1. The van der Waals surface area contributed by atoms with Crippen LogP contribution in [0.5, 0.6) is 11.6 Å². The zero-order chi connectivity index (χ0) is 23.4. The van der Waals surface area contributed by atoms with E-state index in [0.29, 0.717) is 41.4 Å². The number of ether oxygens (including phenoxy) is 1. The second kappa shape index (κ2) is 10.0. The van der Waals surface area contributed by atoms with Crippen molar-refractivity contribution in [1.29, 1.82) is 0 Å². The Kier molecular flexibility index (Phi) is 6.90. The van der Waals surface area contributed by atoms with E-state index >= 15 is 0 Å². The van der Waals surface area contributed by atoms with Crippen molar-refractivity contribution in [2.24, 2.45) is 0 Å². The van der Waals surface area contributed by atoms with Crippen LogP contribution in [0.1, 0.15) is 18.9 Å². The quantitative estimate of drug-likeness (QED) is 0.489. The van der Waals surface area contributed by atoms with Crippen LogP contribution < -0.4 is 15.4 Å². The Labute approximate surface area is 194 Å². The fourth-order valence-electron chi connectivity index (χ4n) is 3.89. The normalized spacial score (nSPS) is 16.3. The van der Waals surface area contributed by atoms with E-state index in [-0.39, 0.29) is 5.78 Å². The number of likely N-dealkylation sites (N-methyl/N-ethyl adjacent to an activating group) is 1. The standard InChI is InChI=1S/C24H31N7O2/c1-17(32)12-19-6-5-7-21(13-19)33-24-9-8-23-27-22(15-31(23)28-24)26-18(2)25-16-30-11-10-20(14-30)29(3)4/h5-9,13,15,20,25-26H,2,10-12,14,16H2,1,3-4H3. The van der Waals surface area contributed by atoms with Gasteiger partial charge >= 0.3 is 0 Å². The average molecular weight is 450 g/mol. The van der Waals surface area contributed by atoms with Gasteiger partial charge in [-0.2, -0.15) is 0 Å². The van der Waals surface area contributed by atoms with E-state index in [2.05, 4.69) is 51.2 Å². The Balaban J connectivity index is 1.34. The highest BCUT2D eigenvalue weighted by atomic mass is 16.5. The monoisotopic (exact) mass is 449 g/mol. The van der Waals surface area contributed by atoms with E-state index in [0.717, 1.165) is 25.3 Å². The number of aromatic nitrogens is 3. The maximum atomic E-state index is 11.4. The lowest BCUT2D eigenvalue weighted by atomic mass is 10.1. The Morgan fingerprint density at radius 3 is 2.91 bits per heavy atom. The molecule has 1 aliphatic heterocycles. The lowest BCUT2D eigenvalue weighted by Crippen LogP contribution is -2.36. The lowest BCUT2D eigenvalue weighted by molar-refractivity contribution is -0.116. The molecule has 4 rings (SSSR count). The summed E-state index contributed by atoms with van der Waals surface area (Å²) in [4.78, 5) is 20.6. The molecule has 9 heteroatoms. The summed E-state index contributed by atoms with van der Waals surface area (Å²) in [5.41, 5.74) is 1.60. The number of hydrogen-bond acceptors (Lipinski definition) is 8. The van der Waals surface area contributed by atoms with E-state index < -0.39 is 0 Å². The molecule has 1 saturated heterocycles. The Bertz CT molecular complexity index is 1140. The van der Waals surface area contributed by atoms with Crippen molar-refractivity contribution in [3.63, 3.8) is 0 Å². The molecule has 1 unspecified atom stereocenters. The minimum atomic E-state index is 0.111. The fourth-order valence-corrected chi connectivity index (χ4v) is 3.89. The summed E-state index contributed by atoms with van der Waals surface area (Å²) in [5.74, 6) is 2.51. The maximum Gasteiger partial charge on any atom is 0.237 e. The van der Waals surface area contributed by atoms with Crippen molar-refractivity contribution in [1.82, 2.24) is 29.7 Å². The second-order valence-corrected chi connectivity index (χ2v) is 8.65. The van der Waals surface area contributed by atoms with Gasteiger partial charge in [0.05, 0.1) is 18.7 Å². The molecule has 1 fully saturated rings. The first-order valence-corrected chi connectivity index (χ1v) is 11.1. The van der Waals surface area contributed by atoms with E-state index in [1.165, 1.54) is 6.42 Å². The van der Waals surface area contributed by atoms with Crippen molar-refractivity contribution in [3.8, 4) is 11.6 Å². The van der Waals surface area contributed by atoms with Gasteiger partial charge in [-0.25, -0.2) is 9.50 Å². The van der Waals surface area contributed by atoms with Gasteiger partial charge in [0.2, 0.25) is 5.88 Å². The SMILES string of the molecule is C=C(NCN1CCC(N(C)C)C1)Nc1cn2nc(Oc3cccc(CC(C)=O)c3)ccc2n1. The van der Waals surface area contributed by atoms with Crippen LogP contribution in [-0.4, -0.2) is 70.1 Å². The number of carbonyl (C=O) groups excluding carboxylic acids is 1. The highest BCUT2D eigenvalue weighted by Gasteiger charge is 2.23. The van der Waals surface area contributed by atoms with Gasteiger partial charge in [-0.15, -0.1) is 5.10 Å². The predicted molar refractivity (Wildman–Crippen MR) is 128 cm³/mol. The van der Waals surface area contributed by atoms with Crippen LogP contribution >= 0.6 is 0 Å². The van der Waals surface area contributed by atoms with Crippen LogP contribution in [-0.2, 0) is 11.2 Å². The topological polar surface area (TPSA) is 87.0 Å². The lowest BCUT2D eigenvalue weighted by Gasteiger charge is -2.21. The van der Waals surface area contributed by atoms with E-state index in [4.69, 9.17) is 4.74 Å². The summed E-state index contributed by atoms with van der Waals surface area (Å²) in [6.45, 7) is 8.49. The maximum absolute atomic E-state index is 11.4. The molecule has 1 aromatic carbocycles.